The minimum Gasteiger partial charge on any atom is -0.454 e. The topological polar surface area (TPSA) is 52.5 Å². The van der Waals surface area contributed by atoms with Gasteiger partial charge in [-0.25, -0.2) is 0 Å². The molecule has 190 valence electrons. The summed E-state index contributed by atoms with van der Waals surface area (Å²) in [5.41, 5.74) is 5.43. The molecule has 5 nitrogen and oxygen atoms in total. The van der Waals surface area contributed by atoms with Crippen LogP contribution in [0.5, 0.6) is 11.5 Å². The van der Waals surface area contributed by atoms with Gasteiger partial charge in [0.15, 0.2) is 11.5 Å². The van der Waals surface area contributed by atoms with Gasteiger partial charge in [-0.15, -0.1) is 0 Å². The highest BCUT2D eigenvalue weighted by atomic mass is 16.7. The fourth-order valence-electron chi connectivity index (χ4n) is 5.41. The molecule has 0 saturated heterocycles. The van der Waals surface area contributed by atoms with Crippen molar-refractivity contribution >= 4 is 16.8 Å². The van der Waals surface area contributed by atoms with Crippen LogP contribution in [-0.2, 0) is 11.3 Å². The first-order valence-electron chi connectivity index (χ1n) is 13.1. The minimum atomic E-state index is -0.237. The SMILES string of the molecule is CCn1cc([C@H](CC(=O)NC(c2ccccc2)c2ccccc2)c2ccc3c(c2)OCO3)c2ccccc21. The van der Waals surface area contributed by atoms with Gasteiger partial charge in [-0.2, -0.15) is 0 Å². The van der Waals surface area contributed by atoms with Gasteiger partial charge >= 0.3 is 0 Å². The number of aryl methyl sites for hydroxylation is 1. The van der Waals surface area contributed by atoms with Crippen LogP contribution in [0.15, 0.2) is 109 Å². The Morgan fingerprint density at radius 2 is 1.47 bits per heavy atom. The van der Waals surface area contributed by atoms with Crippen LogP contribution in [0.2, 0.25) is 0 Å². The lowest BCUT2D eigenvalue weighted by Gasteiger charge is -2.23. The minimum absolute atomic E-state index is 0.0151. The third kappa shape index (κ3) is 4.63. The molecule has 0 saturated carbocycles. The number of carbonyl (C=O) groups is 1. The summed E-state index contributed by atoms with van der Waals surface area (Å²) >= 11 is 0. The molecule has 0 aliphatic carbocycles. The number of nitrogens with zero attached hydrogens (tertiary/aromatic N) is 1. The van der Waals surface area contributed by atoms with Crippen molar-refractivity contribution in [1.29, 1.82) is 0 Å². The van der Waals surface area contributed by atoms with Gasteiger partial charge in [-0.3, -0.25) is 4.79 Å². The zero-order chi connectivity index (χ0) is 25.9. The second kappa shape index (κ2) is 10.5. The van der Waals surface area contributed by atoms with E-state index in [4.69, 9.17) is 9.47 Å². The Bertz CT molecular complexity index is 1520. The number of benzene rings is 4. The van der Waals surface area contributed by atoms with Crippen LogP contribution in [0.25, 0.3) is 10.9 Å². The van der Waals surface area contributed by atoms with Crippen molar-refractivity contribution in [3.05, 3.63) is 132 Å². The molecule has 1 atom stereocenters. The van der Waals surface area contributed by atoms with Crippen molar-refractivity contribution in [3.8, 4) is 11.5 Å². The van der Waals surface area contributed by atoms with E-state index in [1.54, 1.807) is 0 Å². The maximum absolute atomic E-state index is 13.8. The van der Waals surface area contributed by atoms with Crippen LogP contribution < -0.4 is 14.8 Å². The van der Waals surface area contributed by atoms with E-state index in [1.807, 2.05) is 48.5 Å². The monoisotopic (exact) mass is 502 g/mol. The van der Waals surface area contributed by atoms with Gasteiger partial charge in [0.05, 0.1) is 6.04 Å². The van der Waals surface area contributed by atoms with E-state index in [-0.39, 0.29) is 24.7 Å². The third-order valence-corrected chi connectivity index (χ3v) is 7.30. The van der Waals surface area contributed by atoms with E-state index in [0.717, 1.165) is 45.7 Å². The fraction of sp³-hybridized carbons (Fsp3) is 0.182. The highest BCUT2D eigenvalue weighted by Crippen LogP contribution is 2.40. The van der Waals surface area contributed by atoms with Crippen LogP contribution in [0.1, 0.15) is 47.6 Å². The average Bonchev–Trinajstić information content (AvgIpc) is 3.60. The number of amides is 1. The lowest BCUT2D eigenvalue weighted by Crippen LogP contribution is -2.30. The lowest BCUT2D eigenvalue weighted by molar-refractivity contribution is -0.121. The Kier molecular flexibility index (Phi) is 6.57. The molecular formula is C33H30N2O3. The van der Waals surface area contributed by atoms with Gasteiger partial charge in [-0.1, -0.05) is 84.9 Å². The normalized spacial score (nSPS) is 13.1. The lowest BCUT2D eigenvalue weighted by atomic mass is 9.87. The number of nitrogens with one attached hydrogen (secondary N) is 1. The van der Waals surface area contributed by atoms with Gasteiger partial charge in [0.1, 0.15) is 0 Å². The predicted molar refractivity (Wildman–Crippen MR) is 150 cm³/mol. The van der Waals surface area contributed by atoms with Crippen molar-refractivity contribution in [2.24, 2.45) is 0 Å². The molecule has 0 radical (unpaired) electrons. The second-order valence-electron chi connectivity index (χ2n) is 9.58. The van der Waals surface area contributed by atoms with Crippen LogP contribution in [-0.4, -0.2) is 17.3 Å². The molecule has 5 aromatic rings. The molecule has 1 aromatic heterocycles. The smallest absolute Gasteiger partial charge is 0.231 e. The van der Waals surface area contributed by atoms with E-state index in [2.05, 4.69) is 77.6 Å². The molecule has 1 N–H and O–H groups in total. The Hall–Kier alpha value is -4.51. The molecule has 0 unspecified atom stereocenters. The van der Waals surface area contributed by atoms with Gasteiger partial charge in [0.25, 0.3) is 0 Å². The Labute approximate surface area is 222 Å². The Morgan fingerprint density at radius 1 is 0.816 bits per heavy atom. The first-order valence-corrected chi connectivity index (χ1v) is 13.1. The van der Waals surface area contributed by atoms with E-state index >= 15 is 0 Å². The molecule has 4 aromatic carbocycles. The summed E-state index contributed by atoms with van der Waals surface area (Å²) in [6.45, 7) is 3.21. The molecular weight excluding hydrogens is 472 g/mol. The van der Waals surface area contributed by atoms with E-state index < -0.39 is 0 Å². The first kappa shape index (κ1) is 23.9. The number of aromatic nitrogens is 1. The predicted octanol–water partition coefficient (Wildman–Crippen LogP) is 6.82. The number of fused-ring (bicyclic) bond motifs is 2. The molecule has 38 heavy (non-hydrogen) atoms. The molecule has 5 heteroatoms. The zero-order valence-corrected chi connectivity index (χ0v) is 21.3. The zero-order valence-electron chi connectivity index (χ0n) is 21.3. The van der Waals surface area contributed by atoms with Gasteiger partial charge in [-0.05, 0) is 47.4 Å². The van der Waals surface area contributed by atoms with Gasteiger partial charge < -0.3 is 19.4 Å². The number of hydrogen-bond acceptors (Lipinski definition) is 3. The van der Waals surface area contributed by atoms with Crippen LogP contribution in [0, 0.1) is 0 Å². The molecule has 1 aliphatic rings. The summed E-state index contributed by atoms with van der Waals surface area (Å²) in [4.78, 5) is 13.8. The van der Waals surface area contributed by atoms with E-state index in [1.165, 1.54) is 5.52 Å². The van der Waals surface area contributed by atoms with Gasteiger partial charge in [0.2, 0.25) is 12.7 Å². The quantitative estimate of drug-likeness (QED) is 0.253. The van der Waals surface area contributed by atoms with Crippen molar-refractivity contribution in [2.45, 2.75) is 31.8 Å². The summed E-state index contributed by atoms with van der Waals surface area (Å²) in [6.07, 6.45) is 2.49. The second-order valence-corrected chi connectivity index (χ2v) is 9.58. The van der Waals surface area contributed by atoms with E-state index in [0.29, 0.717) is 6.42 Å². The summed E-state index contributed by atoms with van der Waals surface area (Å²) < 4.78 is 13.5. The third-order valence-electron chi connectivity index (χ3n) is 7.30. The fourth-order valence-corrected chi connectivity index (χ4v) is 5.41. The number of ether oxygens (including phenoxy) is 2. The molecule has 1 aliphatic heterocycles. The standard InChI is InChI=1S/C33H30N2O3/c1-2-35-21-28(26-15-9-10-16-29(26)35)27(25-17-18-30-31(19-25)38-22-37-30)20-32(36)34-33(23-11-5-3-6-12-23)24-13-7-4-8-14-24/h3-19,21,27,33H,2,20,22H2,1H3,(H,34,36)/t27-/m1/s1. The maximum Gasteiger partial charge on any atom is 0.231 e. The van der Waals surface area contributed by atoms with Crippen molar-refractivity contribution in [1.82, 2.24) is 9.88 Å². The number of rotatable bonds is 8. The van der Waals surface area contributed by atoms with Crippen molar-refractivity contribution < 1.29 is 14.3 Å². The van der Waals surface area contributed by atoms with Crippen molar-refractivity contribution in [2.75, 3.05) is 6.79 Å². The van der Waals surface area contributed by atoms with Crippen LogP contribution in [0.4, 0.5) is 0 Å². The molecule has 0 fully saturated rings. The van der Waals surface area contributed by atoms with Crippen LogP contribution >= 0.6 is 0 Å². The number of carbonyl (C=O) groups excluding carboxylic acids is 1. The number of para-hydroxylation sites is 1. The highest BCUT2D eigenvalue weighted by molar-refractivity contribution is 5.87. The molecule has 0 spiro atoms. The Balaban J connectivity index is 1.38. The summed E-state index contributed by atoms with van der Waals surface area (Å²) in [5.74, 6) is 1.29. The number of hydrogen-bond donors (Lipinski definition) is 1. The largest absolute Gasteiger partial charge is 0.454 e. The summed E-state index contributed by atoms with van der Waals surface area (Å²) in [5, 5.41) is 4.50. The summed E-state index contributed by atoms with van der Waals surface area (Å²) in [7, 11) is 0. The Morgan fingerprint density at radius 3 is 2.18 bits per heavy atom. The van der Waals surface area contributed by atoms with E-state index in [9.17, 15) is 4.79 Å². The van der Waals surface area contributed by atoms with Crippen LogP contribution in [0.3, 0.4) is 0 Å². The summed E-state index contributed by atoms with van der Waals surface area (Å²) in [6, 6.07) is 34.4. The average molecular weight is 503 g/mol. The molecule has 2 heterocycles. The maximum atomic E-state index is 13.8. The molecule has 1 amide bonds. The first-order chi connectivity index (χ1) is 18.7. The van der Waals surface area contributed by atoms with Crippen molar-refractivity contribution in [3.63, 3.8) is 0 Å². The molecule has 6 rings (SSSR count). The highest BCUT2D eigenvalue weighted by Gasteiger charge is 2.26. The van der Waals surface area contributed by atoms with Gasteiger partial charge in [0, 0.05) is 36.0 Å². The molecule has 0 bridgehead atoms.